The first-order chi connectivity index (χ1) is 11.4. The Morgan fingerprint density at radius 1 is 1.33 bits per heavy atom. The third kappa shape index (κ3) is 2.72. The van der Waals surface area contributed by atoms with Crippen LogP contribution in [0.5, 0.6) is 0 Å². The van der Waals surface area contributed by atoms with Gasteiger partial charge < -0.3 is 4.52 Å². The lowest BCUT2D eigenvalue weighted by Gasteiger charge is -2.12. The molecule has 7 nitrogen and oxygen atoms in total. The van der Waals surface area contributed by atoms with Gasteiger partial charge in [-0.25, -0.2) is 13.1 Å². The zero-order valence-electron chi connectivity index (χ0n) is 12.7. The van der Waals surface area contributed by atoms with E-state index in [1.165, 1.54) is 6.07 Å². The third-order valence-corrected chi connectivity index (χ3v) is 6.21. The minimum absolute atomic E-state index is 0.156. The molecule has 1 aliphatic carbocycles. The van der Waals surface area contributed by atoms with Crippen LogP contribution in [0.2, 0.25) is 0 Å². The summed E-state index contributed by atoms with van der Waals surface area (Å²) in [6.45, 7) is 1.89. The molecule has 0 saturated heterocycles. The van der Waals surface area contributed by atoms with Gasteiger partial charge in [-0.2, -0.15) is 5.10 Å². The molecule has 0 bridgehead atoms. The Morgan fingerprint density at radius 3 is 2.79 bits per heavy atom. The molecule has 0 radical (unpaired) electrons. The van der Waals surface area contributed by atoms with E-state index in [0.717, 1.165) is 12.8 Å². The molecular weight excluding hydrogens is 396 g/mol. The quantitative estimate of drug-likeness (QED) is 0.712. The van der Waals surface area contributed by atoms with Crippen LogP contribution >= 0.6 is 15.9 Å². The molecule has 1 aliphatic rings. The SMILES string of the molecule is CC1(NS(=O)(=O)c2cc(Br)c3onc(-c4cccnn4)c3c2)CC1. The Hall–Kier alpha value is -1.84. The standard InChI is InChI=1S/C15H13BrN4O3S/c1-15(4-5-15)20-24(21,22)9-7-10-13(12-3-2-6-17-18-12)19-23-14(10)11(16)8-9/h2-3,6-8,20H,4-5H2,1H3. The summed E-state index contributed by atoms with van der Waals surface area (Å²) in [6, 6.07) is 6.54. The maximum Gasteiger partial charge on any atom is 0.241 e. The topological polar surface area (TPSA) is 98.0 Å². The second-order valence-corrected chi connectivity index (χ2v) is 8.62. The largest absolute Gasteiger partial charge is 0.354 e. The van der Waals surface area contributed by atoms with Crippen molar-refractivity contribution < 1.29 is 12.9 Å². The lowest BCUT2D eigenvalue weighted by molar-refractivity contribution is 0.457. The van der Waals surface area contributed by atoms with Crippen molar-refractivity contribution >= 4 is 36.9 Å². The van der Waals surface area contributed by atoms with Crippen LogP contribution in [0.1, 0.15) is 19.8 Å². The van der Waals surface area contributed by atoms with Crippen molar-refractivity contribution in [2.75, 3.05) is 0 Å². The van der Waals surface area contributed by atoms with Crippen molar-refractivity contribution in [3.05, 3.63) is 34.9 Å². The zero-order chi connectivity index (χ0) is 16.9. The average Bonchev–Trinajstić information content (AvgIpc) is 3.10. The summed E-state index contributed by atoms with van der Waals surface area (Å²) in [5, 5.41) is 12.4. The first-order valence-corrected chi connectivity index (χ1v) is 9.57. The molecule has 0 unspecified atom stereocenters. The van der Waals surface area contributed by atoms with E-state index in [0.29, 0.717) is 26.8 Å². The number of rotatable bonds is 4. The Labute approximate surface area is 146 Å². The smallest absolute Gasteiger partial charge is 0.241 e. The lowest BCUT2D eigenvalue weighted by Crippen LogP contribution is -2.34. The number of hydrogen-bond donors (Lipinski definition) is 1. The van der Waals surface area contributed by atoms with Gasteiger partial charge in [-0.1, -0.05) is 5.16 Å². The molecule has 1 N–H and O–H groups in total. The van der Waals surface area contributed by atoms with E-state index >= 15 is 0 Å². The molecule has 2 aromatic heterocycles. The van der Waals surface area contributed by atoms with Crippen LogP contribution in [-0.2, 0) is 10.0 Å². The van der Waals surface area contributed by atoms with E-state index in [1.807, 2.05) is 6.92 Å². The number of nitrogens with one attached hydrogen (secondary N) is 1. The van der Waals surface area contributed by atoms with Gasteiger partial charge in [0.2, 0.25) is 10.0 Å². The highest BCUT2D eigenvalue weighted by molar-refractivity contribution is 9.10. The third-order valence-electron chi connectivity index (χ3n) is 4.01. The first-order valence-electron chi connectivity index (χ1n) is 7.29. The summed E-state index contributed by atoms with van der Waals surface area (Å²) in [4.78, 5) is 0.156. The van der Waals surface area contributed by atoms with E-state index in [4.69, 9.17) is 4.52 Å². The molecule has 0 amide bonds. The highest BCUT2D eigenvalue weighted by Gasteiger charge is 2.41. The number of sulfonamides is 1. The van der Waals surface area contributed by atoms with Gasteiger partial charge in [0.1, 0.15) is 11.4 Å². The summed E-state index contributed by atoms with van der Waals surface area (Å²) >= 11 is 3.36. The predicted octanol–water partition coefficient (Wildman–Crippen LogP) is 2.88. The van der Waals surface area contributed by atoms with Gasteiger partial charge in [0.15, 0.2) is 5.58 Å². The fraction of sp³-hybridized carbons (Fsp3) is 0.267. The Kier molecular flexibility index (Phi) is 3.48. The average molecular weight is 409 g/mol. The van der Waals surface area contributed by atoms with Gasteiger partial charge in [-0.3, -0.25) is 0 Å². The zero-order valence-corrected chi connectivity index (χ0v) is 15.1. The molecule has 1 saturated carbocycles. The molecular formula is C15H13BrN4O3S. The van der Waals surface area contributed by atoms with Gasteiger partial charge in [0.25, 0.3) is 0 Å². The molecule has 0 spiro atoms. The second kappa shape index (κ2) is 5.33. The van der Waals surface area contributed by atoms with Gasteiger partial charge in [0.05, 0.1) is 14.8 Å². The number of halogens is 1. The van der Waals surface area contributed by atoms with Crippen molar-refractivity contribution in [3.63, 3.8) is 0 Å². The van der Waals surface area contributed by atoms with Crippen LogP contribution in [0.15, 0.2) is 44.4 Å². The van der Waals surface area contributed by atoms with Crippen molar-refractivity contribution in [2.24, 2.45) is 0 Å². The van der Waals surface area contributed by atoms with Crippen molar-refractivity contribution in [1.29, 1.82) is 0 Å². The molecule has 3 aromatic rings. The number of fused-ring (bicyclic) bond motifs is 1. The van der Waals surface area contributed by atoms with E-state index in [9.17, 15) is 8.42 Å². The van der Waals surface area contributed by atoms with E-state index in [2.05, 4.69) is 36.0 Å². The summed E-state index contributed by atoms with van der Waals surface area (Å²) in [6.07, 6.45) is 3.24. The van der Waals surface area contributed by atoms with Gasteiger partial charge in [-0.05, 0) is 60.0 Å². The predicted molar refractivity (Wildman–Crippen MR) is 90.7 cm³/mol. The Bertz CT molecular complexity index is 1030. The van der Waals surface area contributed by atoms with Crippen LogP contribution in [-0.4, -0.2) is 29.3 Å². The van der Waals surface area contributed by atoms with Crippen molar-refractivity contribution in [3.8, 4) is 11.4 Å². The minimum Gasteiger partial charge on any atom is -0.354 e. The van der Waals surface area contributed by atoms with E-state index in [1.54, 1.807) is 24.4 Å². The maximum absolute atomic E-state index is 12.6. The highest BCUT2D eigenvalue weighted by atomic mass is 79.9. The van der Waals surface area contributed by atoms with Crippen LogP contribution in [0.4, 0.5) is 0 Å². The summed E-state index contributed by atoms with van der Waals surface area (Å²) in [5.41, 5.74) is 1.09. The normalized spacial score (nSPS) is 16.4. The molecule has 124 valence electrons. The van der Waals surface area contributed by atoms with Gasteiger partial charge in [0, 0.05) is 11.7 Å². The summed E-state index contributed by atoms with van der Waals surface area (Å²) in [7, 11) is -3.63. The fourth-order valence-electron chi connectivity index (χ4n) is 2.42. The number of hydrogen-bond acceptors (Lipinski definition) is 6. The Balaban J connectivity index is 1.87. The minimum atomic E-state index is -3.63. The van der Waals surface area contributed by atoms with Crippen LogP contribution in [0.25, 0.3) is 22.4 Å². The Morgan fingerprint density at radius 2 is 2.12 bits per heavy atom. The summed E-state index contributed by atoms with van der Waals surface area (Å²) in [5.74, 6) is 0. The lowest BCUT2D eigenvalue weighted by atomic mass is 10.2. The molecule has 0 atom stereocenters. The molecule has 24 heavy (non-hydrogen) atoms. The summed E-state index contributed by atoms with van der Waals surface area (Å²) < 4.78 is 33.9. The number of aromatic nitrogens is 3. The molecule has 2 heterocycles. The van der Waals surface area contributed by atoms with Gasteiger partial charge in [-0.15, -0.1) is 5.10 Å². The van der Waals surface area contributed by atoms with Crippen LogP contribution < -0.4 is 4.72 Å². The molecule has 1 aromatic carbocycles. The second-order valence-electron chi connectivity index (χ2n) is 6.09. The molecule has 0 aliphatic heterocycles. The van der Waals surface area contributed by atoms with E-state index < -0.39 is 10.0 Å². The first kappa shape index (κ1) is 15.7. The number of nitrogens with zero attached hydrogens (tertiary/aromatic N) is 3. The highest BCUT2D eigenvalue weighted by Crippen LogP contribution is 2.38. The van der Waals surface area contributed by atoms with Crippen LogP contribution in [0.3, 0.4) is 0 Å². The number of benzene rings is 1. The van der Waals surface area contributed by atoms with Crippen molar-refractivity contribution in [2.45, 2.75) is 30.2 Å². The van der Waals surface area contributed by atoms with Crippen LogP contribution in [0, 0.1) is 0 Å². The van der Waals surface area contributed by atoms with Gasteiger partial charge >= 0.3 is 0 Å². The maximum atomic E-state index is 12.6. The van der Waals surface area contributed by atoms with Crippen molar-refractivity contribution in [1.82, 2.24) is 20.1 Å². The molecule has 4 rings (SSSR count). The fourth-order valence-corrected chi connectivity index (χ4v) is 4.62. The molecule has 9 heteroatoms. The molecule has 1 fully saturated rings. The monoisotopic (exact) mass is 408 g/mol. The van der Waals surface area contributed by atoms with E-state index in [-0.39, 0.29) is 10.4 Å².